The lowest BCUT2D eigenvalue weighted by Gasteiger charge is -2.24. The first-order valence-electron chi connectivity index (χ1n) is 11.4. The number of aliphatic hydroxyl groups excluding tert-OH is 1. The molecule has 1 aliphatic heterocycles. The van der Waals surface area contributed by atoms with E-state index >= 15 is 0 Å². The molecule has 0 bridgehead atoms. The molecule has 4 aromatic rings. The summed E-state index contributed by atoms with van der Waals surface area (Å²) in [5, 5.41) is 21.3. The van der Waals surface area contributed by atoms with Gasteiger partial charge < -0.3 is 24.1 Å². The molecular weight excluding hydrogens is 510 g/mol. The lowest BCUT2D eigenvalue weighted by atomic mass is 9.94. The van der Waals surface area contributed by atoms with Crippen molar-refractivity contribution in [3.05, 3.63) is 70.7 Å². The van der Waals surface area contributed by atoms with Gasteiger partial charge in [0, 0.05) is 5.56 Å². The molecule has 1 N–H and O–H groups in total. The number of carbonyl (C=O) groups is 2. The Kier molecular flexibility index (Phi) is 6.60. The molecule has 1 atom stereocenters. The Labute approximate surface area is 221 Å². The third-order valence-electron chi connectivity index (χ3n) is 6.32. The summed E-state index contributed by atoms with van der Waals surface area (Å²) in [6, 6.07) is 13.0. The zero-order chi connectivity index (χ0) is 27.0. The Morgan fingerprint density at radius 1 is 0.895 bits per heavy atom. The SMILES string of the molecule is COc1ccc2cc(/C(O)=C3\C(=O)C(=O)N(c4nncs4)C3c3cc(OC)c(OC)c(OC)c3)ccc2c1. The fourth-order valence-corrected chi connectivity index (χ4v) is 5.11. The Hall–Kier alpha value is -4.64. The van der Waals surface area contributed by atoms with Crippen LogP contribution in [0.4, 0.5) is 5.13 Å². The predicted octanol–water partition coefficient (Wildman–Crippen LogP) is 4.35. The number of ether oxygens (including phenoxy) is 4. The second-order valence-electron chi connectivity index (χ2n) is 8.28. The number of rotatable bonds is 7. The summed E-state index contributed by atoms with van der Waals surface area (Å²) < 4.78 is 21.7. The average Bonchev–Trinajstić information content (AvgIpc) is 3.57. The zero-order valence-corrected chi connectivity index (χ0v) is 21.7. The van der Waals surface area contributed by atoms with E-state index < -0.39 is 17.7 Å². The van der Waals surface area contributed by atoms with E-state index in [1.54, 1.807) is 37.4 Å². The largest absolute Gasteiger partial charge is 0.507 e. The maximum Gasteiger partial charge on any atom is 0.301 e. The summed E-state index contributed by atoms with van der Waals surface area (Å²) >= 11 is 1.09. The normalized spacial score (nSPS) is 16.6. The highest BCUT2D eigenvalue weighted by Crippen LogP contribution is 2.47. The highest BCUT2D eigenvalue weighted by molar-refractivity contribution is 7.13. The summed E-state index contributed by atoms with van der Waals surface area (Å²) in [4.78, 5) is 28.0. The van der Waals surface area contributed by atoms with Gasteiger partial charge in [0.25, 0.3) is 5.78 Å². The van der Waals surface area contributed by atoms with Crippen molar-refractivity contribution in [1.82, 2.24) is 10.2 Å². The van der Waals surface area contributed by atoms with Gasteiger partial charge in [0.15, 0.2) is 11.5 Å². The Morgan fingerprint density at radius 2 is 1.58 bits per heavy atom. The fraction of sp³-hybridized carbons (Fsp3) is 0.185. The predicted molar refractivity (Wildman–Crippen MR) is 141 cm³/mol. The number of methoxy groups -OCH3 is 4. The van der Waals surface area contributed by atoms with Crippen molar-refractivity contribution in [2.45, 2.75) is 6.04 Å². The second-order valence-corrected chi connectivity index (χ2v) is 9.09. The topological polar surface area (TPSA) is 120 Å². The van der Waals surface area contributed by atoms with E-state index in [4.69, 9.17) is 18.9 Å². The zero-order valence-electron chi connectivity index (χ0n) is 20.9. The molecule has 10 nitrogen and oxygen atoms in total. The number of hydrogen-bond acceptors (Lipinski definition) is 10. The molecule has 38 heavy (non-hydrogen) atoms. The molecule has 0 radical (unpaired) electrons. The third-order valence-corrected chi connectivity index (χ3v) is 7.01. The number of aromatic nitrogens is 2. The smallest absolute Gasteiger partial charge is 0.301 e. The number of benzene rings is 3. The van der Waals surface area contributed by atoms with Gasteiger partial charge in [0.05, 0.1) is 40.1 Å². The van der Waals surface area contributed by atoms with Crippen molar-refractivity contribution >= 4 is 44.7 Å². The number of hydrogen-bond donors (Lipinski definition) is 1. The molecule has 2 heterocycles. The number of ketones is 1. The number of amides is 1. The van der Waals surface area contributed by atoms with Crippen molar-refractivity contribution < 1.29 is 33.6 Å². The van der Waals surface area contributed by atoms with E-state index in [0.29, 0.717) is 34.1 Å². The van der Waals surface area contributed by atoms with Gasteiger partial charge in [-0.2, -0.15) is 0 Å². The minimum Gasteiger partial charge on any atom is -0.507 e. The van der Waals surface area contributed by atoms with Gasteiger partial charge in [-0.15, -0.1) is 10.2 Å². The van der Waals surface area contributed by atoms with Crippen molar-refractivity contribution in [3.63, 3.8) is 0 Å². The van der Waals surface area contributed by atoms with Crippen LogP contribution in [0.5, 0.6) is 23.0 Å². The lowest BCUT2D eigenvalue weighted by molar-refractivity contribution is -0.132. The van der Waals surface area contributed by atoms with Crippen LogP contribution in [0.3, 0.4) is 0 Å². The number of fused-ring (bicyclic) bond motifs is 1. The van der Waals surface area contributed by atoms with E-state index in [0.717, 1.165) is 22.1 Å². The van der Waals surface area contributed by atoms with Crippen molar-refractivity contribution in [2.75, 3.05) is 33.3 Å². The summed E-state index contributed by atoms with van der Waals surface area (Å²) in [7, 11) is 5.99. The molecule has 0 spiro atoms. The van der Waals surface area contributed by atoms with Crippen molar-refractivity contribution in [1.29, 1.82) is 0 Å². The standard InChI is InChI=1S/C27H23N3O7S/c1-34-18-8-7-14-9-16(6-5-15(14)10-18)23(31)21-22(30(26(33)24(21)32)27-29-28-13-38-27)17-11-19(35-2)25(37-4)20(12-17)36-3/h5-13,22,31H,1-4H3/b23-21+. The summed E-state index contributed by atoms with van der Waals surface area (Å²) in [6.07, 6.45) is 0. The third kappa shape index (κ3) is 4.06. The van der Waals surface area contributed by atoms with Crippen LogP contribution in [0.1, 0.15) is 17.2 Å². The van der Waals surface area contributed by atoms with E-state index in [-0.39, 0.29) is 16.5 Å². The van der Waals surface area contributed by atoms with Crippen molar-refractivity contribution in [3.8, 4) is 23.0 Å². The number of Topliss-reactive ketones (excluding diaryl/α,β-unsaturated/α-hetero) is 1. The van der Waals surface area contributed by atoms with Gasteiger partial charge in [0.1, 0.15) is 17.0 Å². The monoisotopic (exact) mass is 533 g/mol. The van der Waals surface area contributed by atoms with Crippen LogP contribution in [0.25, 0.3) is 16.5 Å². The molecule has 0 saturated carbocycles. The molecule has 1 unspecified atom stereocenters. The van der Waals surface area contributed by atoms with E-state index in [9.17, 15) is 14.7 Å². The quantitative estimate of drug-likeness (QED) is 0.210. The molecule has 1 aliphatic rings. The van der Waals surface area contributed by atoms with Gasteiger partial charge in [-0.3, -0.25) is 14.5 Å². The van der Waals surface area contributed by atoms with Crippen LogP contribution < -0.4 is 23.8 Å². The molecule has 0 aliphatic carbocycles. The van der Waals surface area contributed by atoms with E-state index in [2.05, 4.69) is 10.2 Å². The van der Waals surface area contributed by atoms with Crippen molar-refractivity contribution in [2.24, 2.45) is 0 Å². The maximum atomic E-state index is 13.4. The first-order valence-corrected chi connectivity index (χ1v) is 12.2. The Bertz CT molecular complexity index is 1560. The molecule has 194 valence electrons. The lowest BCUT2D eigenvalue weighted by Crippen LogP contribution is -2.29. The molecule has 3 aromatic carbocycles. The number of carbonyl (C=O) groups excluding carboxylic acids is 2. The van der Waals surface area contributed by atoms with Gasteiger partial charge in [-0.25, -0.2) is 0 Å². The highest BCUT2D eigenvalue weighted by Gasteiger charge is 2.48. The van der Waals surface area contributed by atoms with Crippen LogP contribution in [-0.4, -0.2) is 55.4 Å². The molecule has 1 amide bonds. The summed E-state index contributed by atoms with van der Waals surface area (Å²) in [5.74, 6) is -0.337. The van der Waals surface area contributed by atoms with Gasteiger partial charge >= 0.3 is 5.91 Å². The van der Waals surface area contributed by atoms with Gasteiger partial charge in [0.2, 0.25) is 10.9 Å². The number of aliphatic hydroxyl groups is 1. The second kappa shape index (κ2) is 10.0. The minimum atomic E-state index is -1.04. The molecule has 1 fully saturated rings. The van der Waals surface area contributed by atoms with Crippen LogP contribution in [0, 0.1) is 0 Å². The Morgan fingerprint density at radius 3 is 2.18 bits per heavy atom. The van der Waals surface area contributed by atoms with E-state index in [1.165, 1.54) is 31.7 Å². The number of anilines is 1. The fourth-order valence-electron chi connectivity index (χ4n) is 4.53. The average molecular weight is 534 g/mol. The summed E-state index contributed by atoms with van der Waals surface area (Å²) in [5.41, 5.74) is 2.17. The molecule has 5 rings (SSSR count). The van der Waals surface area contributed by atoms with Crippen LogP contribution in [0.15, 0.2) is 59.6 Å². The van der Waals surface area contributed by atoms with Crippen LogP contribution >= 0.6 is 11.3 Å². The first-order chi connectivity index (χ1) is 18.4. The summed E-state index contributed by atoms with van der Waals surface area (Å²) in [6.45, 7) is 0. The highest BCUT2D eigenvalue weighted by atomic mass is 32.1. The molecule has 1 saturated heterocycles. The Balaban J connectivity index is 1.74. The maximum absolute atomic E-state index is 13.4. The molecular formula is C27H23N3O7S. The van der Waals surface area contributed by atoms with Gasteiger partial charge in [-0.1, -0.05) is 29.5 Å². The minimum absolute atomic E-state index is 0.104. The van der Waals surface area contributed by atoms with E-state index in [1.807, 2.05) is 18.2 Å². The first kappa shape index (κ1) is 25.0. The van der Waals surface area contributed by atoms with Crippen LogP contribution in [-0.2, 0) is 9.59 Å². The van der Waals surface area contributed by atoms with Crippen LogP contribution in [0.2, 0.25) is 0 Å². The molecule has 1 aromatic heterocycles. The van der Waals surface area contributed by atoms with Gasteiger partial charge in [-0.05, 0) is 46.7 Å². The molecule has 11 heteroatoms. The number of nitrogens with zero attached hydrogens (tertiary/aromatic N) is 3.